The molecule has 0 radical (unpaired) electrons. The topological polar surface area (TPSA) is 40.6 Å². The van der Waals surface area contributed by atoms with E-state index in [1.54, 1.807) is 28.0 Å². The van der Waals surface area contributed by atoms with Gasteiger partial charge in [-0.3, -0.25) is 9.59 Å². The molecule has 2 saturated heterocycles. The zero-order valence-electron chi connectivity index (χ0n) is 11.5. The Morgan fingerprint density at radius 1 is 1.10 bits per heavy atom. The second-order valence-corrected chi connectivity index (χ2v) is 6.28. The molecule has 1 aromatic carbocycles. The highest BCUT2D eigenvalue weighted by atomic mass is 35.5. The number of benzene rings is 1. The first-order valence-corrected chi connectivity index (χ1v) is 7.89. The molecule has 21 heavy (non-hydrogen) atoms. The number of carbonyl (C=O) groups is 2. The summed E-state index contributed by atoms with van der Waals surface area (Å²) in [6.45, 7) is 1.02. The van der Waals surface area contributed by atoms with Gasteiger partial charge in [0.1, 0.15) is 6.04 Å². The van der Waals surface area contributed by atoms with Crippen molar-refractivity contribution in [3.8, 4) is 0 Å². The fourth-order valence-corrected chi connectivity index (χ4v) is 3.45. The van der Waals surface area contributed by atoms with E-state index in [0.717, 1.165) is 19.3 Å². The standard InChI is InChI=1S/C15H16Cl2N2O2/c16-10-4-5-11(17)13(9-10)19-8-6-14(20)18-7-2-1-3-12(18)15(19)21/h4-5,9,12H,1-3,6-8H2. The fraction of sp³-hybridized carbons (Fsp3) is 0.467. The smallest absolute Gasteiger partial charge is 0.249 e. The molecule has 4 nitrogen and oxygen atoms in total. The first kappa shape index (κ1) is 14.7. The Kier molecular flexibility index (Phi) is 4.09. The van der Waals surface area contributed by atoms with Crippen LogP contribution < -0.4 is 4.90 Å². The van der Waals surface area contributed by atoms with Gasteiger partial charge in [0, 0.05) is 24.5 Å². The number of rotatable bonds is 1. The summed E-state index contributed by atoms with van der Waals surface area (Å²) in [6, 6.07) is 4.69. The number of hydrogen-bond acceptors (Lipinski definition) is 2. The number of halogens is 2. The van der Waals surface area contributed by atoms with Gasteiger partial charge in [-0.1, -0.05) is 23.2 Å². The van der Waals surface area contributed by atoms with Gasteiger partial charge in [-0.2, -0.15) is 0 Å². The molecule has 2 fully saturated rings. The van der Waals surface area contributed by atoms with E-state index in [-0.39, 0.29) is 17.9 Å². The molecule has 112 valence electrons. The van der Waals surface area contributed by atoms with Crippen molar-refractivity contribution in [2.45, 2.75) is 31.7 Å². The third-order valence-corrected chi connectivity index (χ3v) is 4.68. The van der Waals surface area contributed by atoms with Crippen molar-refractivity contribution in [3.63, 3.8) is 0 Å². The molecule has 3 rings (SSSR count). The van der Waals surface area contributed by atoms with E-state index in [1.807, 2.05) is 0 Å². The highest BCUT2D eigenvalue weighted by molar-refractivity contribution is 6.35. The van der Waals surface area contributed by atoms with E-state index in [9.17, 15) is 9.59 Å². The molecule has 1 atom stereocenters. The second-order valence-electron chi connectivity index (χ2n) is 5.43. The Morgan fingerprint density at radius 2 is 1.90 bits per heavy atom. The Labute approximate surface area is 133 Å². The van der Waals surface area contributed by atoms with Crippen molar-refractivity contribution in [2.75, 3.05) is 18.0 Å². The van der Waals surface area contributed by atoms with E-state index in [1.165, 1.54) is 0 Å². The minimum Gasteiger partial charge on any atom is -0.331 e. The van der Waals surface area contributed by atoms with E-state index in [0.29, 0.717) is 35.2 Å². The van der Waals surface area contributed by atoms with Crippen LogP contribution in [0.3, 0.4) is 0 Å². The predicted molar refractivity (Wildman–Crippen MR) is 82.8 cm³/mol. The van der Waals surface area contributed by atoms with Crippen LogP contribution in [0.1, 0.15) is 25.7 Å². The maximum absolute atomic E-state index is 12.8. The molecular weight excluding hydrogens is 311 g/mol. The van der Waals surface area contributed by atoms with Crippen LogP contribution in [-0.2, 0) is 9.59 Å². The van der Waals surface area contributed by atoms with Crippen LogP contribution in [-0.4, -0.2) is 35.8 Å². The van der Waals surface area contributed by atoms with Crippen LogP contribution in [0.15, 0.2) is 18.2 Å². The highest BCUT2D eigenvalue weighted by Gasteiger charge is 2.38. The Morgan fingerprint density at radius 3 is 2.71 bits per heavy atom. The quantitative estimate of drug-likeness (QED) is 0.795. The molecule has 2 aliphatic rings. The third kappa shape index (κ3) is 2.74. The van der Waals surface area contributed by atoms with Crippen LogP contribution >= 0.6 is 23.2 Å². The first-order chi connectivity index (χ1) is 10.1. The van der Waals surface area contributed by atoms with Gasteiger partial charge in [-0.05, 0) is 37.5 Å². The maximum Gasteiger partial charge on any atom is 0.249 e. The van der Waals surface area contributed by atoms with Crippen molar-refractivity contribution < 1.29 is 9.59 Å². The molecule has 1 aromatic rings. The van der Waals surface area contributed by atoms with E-state index < -0.39 is 0 Å². The fourth-order valence-electron chi connectivity index (χ4n) is 3.06. The van der Waals surface area contributed by atoms with Crippen LogP contribution in [0.5, 0.6) is 0 Å². The van der Waals surface area contributed by atoms with E-state index >= 15 is 0 Å². The molecule has 0 saturated carbocycles. The predicted octanol–water partition coefficient (Wildman–Crippen LogP) is 3.11. The summed E-state index contributed by atoms with van der Waals surface area (Å²) in [5, 5.41) is 1.00. The SMILES string of the molecule is O=C1C2CCCCN2C(=O)CCN1c1cc(Cl)ccc1Cl. The first-order valence-electron chi connectivity index (χ1n) is 7.14. The van der Waals surface area contributed by atoms with Crippen molar-refractivity contribution >= 4 is 40.7 Å². The second kappa shape index (κ2) is 5.85. The molecule has 0 spiro atoms. The van der Waals surface area contributed by atoms with Gasteiger partial charge in [0.2, 0.25) is 11.8 Å². The van der Waals surface area contributed by atoms with Gasteiger partial charge in [0.15, 0.2) is 0 Å². The molecular formula is C15H16Cl2N2O2. The van der Waals surface area contributed by atoms with Gasteiger partial charge in [0.05, 0.1) is 10.7 Å². The molecule has 0 aliphatic carbocycles. The van der Waals surface area contributed by atoms with E-state index in [4.69, 9.17) is 23.2 Å². The lowest BCUT2D eigenvalue weighted by molar-refractivity contribution is -0.138. The number of nitrogens with zero attached hydrogens (tertiary/aromatic N) is 2. The average molecular weight is 327 g/mol. The van der Waals surface area contributed by atoms with Crippen molar-refractivity contribution in [2.24, 2.45) is 0 Å². The summed E-state index contributed by atoms with van der Waals surface area (Å²) in [5.41, 5.74) is 0.592. The number of anilines is 1. The van der Waals surface area contributed by atoms with Crippen LogP contribution in [0.2, 0.25) is 10.0 Å². The Bertz CT molecular complexity index is 591. The van der Waals surface area contributed by atoms with Crippen LogP contribution in [0, 0.1) is 0 Å². The number of hydrogen-bond donors (Lipinski definition) is 0. The zero-order valence-corrected chi connectivity index (χ0v) is 13.0. The molecule has 2 aliphatic heterocycles. The minimum absolute atomic E-state index is 0.0497. The average Bonchev–Trinajstić information content (AvgIpc) is 2.61. The normalized spacial score (nSPS) is 23.0. The lowest BCUT2D eigenvalue weighted by Gasteiger charge is -2.34. The number of fused-ring (bicyclic) bond motifs is 1. The Balaban J connectivity index is 1.97. The summed E-state index contributed by atoms with van der Waals surface area (Å²) >= 11 is 12.2. The van der Waals surface area contributed by atoms with Gasteiger partial charge < -0.3 is 9.80 Å². The minimum atomic E-state index is -0.358. The summed E-state index contributed by atoms with van der Waals surface area (Å²) in [5.74, 6) is -0.00147. The van der Waals surface area contributed by atoms with Crippen molar-refractivity contribution in [1.29, 1.82) is 0 Å². The Hall–Kier alpha value is -1.26. The maximum atomic E-state index is 12.8. The number of amides is 2. The van der Waals surface area contributed by atoms with Gasteiger partial charge >= 0.3 is 0 Å². The summed E-state index contributed by atoms with van der Waals surface area (Å²) in [4.78, 5) is 28.4. The summed E-state index contributed by atoms with van der Waals surface area (Å²) in [6.07, 6.45) is 2.98. The summed E-state index contributed by atoms with van der Waals surface area (Å²) < 4.78 is 0. The molecule has 1 unspecified atom stereocenters. The van der Waals surface area contributed by atoms with Gasteiger partial charge in [0.25, 0.3) is 0 Å². The van der Waals surface area contributed by atoms with Crippen molar-refractivity contribution in [1.82, 2.24) is 4.90 Å². The molecule has 6 heteroatoms. The summed E-state index contributed by atoms with van der Waals surface area (Å²) in [7, 11) is 0. The third-order valence-electron chi connectivity index (χ3n) is 4.12. The van der Waals surface area contributed by atoms with E-state index in [2.05, 4.69) is 0 Å². The molecule has 0 aromatic heterocycles. The lowest BCUT2D eigenvalue weighted by Crippen LogP contribution is -2.49. The van der Waals surface area contributed by atoms with Gasteiger partial charge in [-0.25, -0.2) is 0 Å². The monoisotopic (exact) mass is 326 g/mol. The van der Waals surface area contributed by atoms with Gasteiger partial charge in [-0.15, -0.1) is 0 Å². The van der Waals surface area contributed by atoms with Crippen molar-refractivity contribution in [3.05, 3.63) is 28.2 Å². The van der Waals surface area contributed by atoms with Crippen LogP contribution in [0.4, 0.5) is 5.69 Å². The lowest BCUT2D eigenvalue weighted by atomic mass is 10.0. The molecule has 2 amide bonds. The largest absolute Gasteiger partial charge is 0.331 e. The molecule has 0 bridgehead atoms. The number of carbonyl (C=O) groups excluding carboxylic acids is 2. The molecule has 2 heterocycles. The number of piperidine rings is 1. The highest BCUT2D eigenvalue weighted by Crippen LogP contribution is 2.32. The van der Waals surface area contributed by atoms with Crippen LogP contribution in [0.25, 0.3) is 0 Å². The zero-order chi connectivity index (χ0) is 15.0. The molecule has 0 N–H and O–H groups in total.